The van der Waals surface area contributed by atoms with Gasteiger partial charge in [-0.05, 0) is 73.8 Å². The van der Waals surface area contributed by atoms with E-state index in [0.29, 0.717) is 13.0 Å². The van der Waals surface area contributed by atoms with E-state index in [0.717, 1.165) is 65.2 Å². The van der Waals surface area contributed by atoms with Gasteiger partial charge in [-0.25, -0.2) is 23.1 Å². The molecule has 5 rings (SSSR count). The van der Waals surface area contributed by atoms with Crippen molar-refractivity contribution in [3.05, 3.63) is 80.6 Å². The average Bonchev–Trinajstić information content (AvgIpc) is 3.31. The van der Waals surface area contributed by atoms with Crippen molar-refractivity contribution in [3.63, 3.8) is 0 Å². The van der Waals surface area contributed by atoms with Crippen molar-refractivity contribution in [1.82, 2.24) is 19.2 Å². The molecule has 2 aromatic carbocycles. The van der Waals surface area contributed by atoms with Gasteiger partial charge in [0.05, 0.1) is 0 Å². The predicted molar refractivity (Wildman–Crippen MR) is 132 cm³/mol. The molecule has 2 atom stereocenters. The molecule has 0 aliphatic carbocycles. The first kappa shape index (κ1) is 24.2. The van der Waals surface area contributed by atoms with Gasteiger partial charge in [0.1, 0.15) is 11.6 Å². The molecule has 2 unspecified atom stereocenters. The molecule has 2 aliphatic rings. The van der Waals surface area contributed by atoms with Gasteiger partial charge in [-0.2, -0.15) is 4.68 Å². The molecule has 0 bridgehead atoms. The van der Waals surface area contributed by atoms with Gasteiger partial charge >= 0.3 is 11.4 Å². The van der Waals surface area contributed by atoms with Gasteiger partial charge in [-0.15, -0.1) is 0 Å². The molecule has 0 saturated carbocycles. The van der Waals surface area contributed by atoms with E-state index in [-0.39, 0.29) is 23.6 Å². The van der Waals surface area contributed by atoms with Gasteiger partial charge in [-0.1, -0.05) is 6.42 Å². The summed E-state index contributed by atoms with van der Waals surface area (Å²) in [6.07, 6.45) is 3.30. The molecule has 1 N–H and O–H groups in total. The normalized spacial score (nSPS) is 19.4. The molecule has 0 spiro atoms. The number of anilines is 2. The fourth-order valence-corrected chi connectivity index (χ4v) is 5.68. The van der Waals surface area contributed by atoms with E-state index in [9.17, 15) is 23.2 Å². The van der Waals surface area contributed by atoms with Crippen LogP contribution in [-0.2, 0) is 6.54 Å². The Balaban J connectivity index is 1.21. The van der Waals surface area contributed by atoms with Crippen molar-refractivity contribution in [2.45, 2.75) is 51.1 Å². The molecule has 2 aliphatic heterocycles. The number of carbonyl (C=O) groups is 1. The van der Waals surface area contributed by atoms with Crippen LogP contribution in [0.15, 0.2) is 52.1 Å². The second-order valence-corrected chi connectivity index (χ2v) is 9.56. The highest BCUT2D eigenvalue weighted by Crippen LogP contribution is 2.48. The third-order valence-electron chi connectivity index (χ3n) is 7.27. The Kier molecular flexibility index (Phi) is 6.61. The van der Waals surface area contributed by atoms with E-state index >= 15 is 0 Å². The fraction of sp³-hybridized carbons (Fsp3) is 0.423. The number of aromatic amines is 1. The maximum Gasteiger partial charge on any atom is 0.351 e. The number of benzene rings is 2. The second-order valence-electron chi connectivity index (χ2n) is 9.56. The number of piperidine rings is 1. The molecule has 0 radical (unpaired) electrons. The lowest BCUT2D eigenvalue weighted by Crippen LogP contribution is -2.45. The lowest BCUT2D eigenvalue weighted by atomic mass is 9.89. The molecule has 0 amide bonds. The maximum absolute atomic E-state index is 14.2. The van der Waals surface area contributed by atoms with E-state index in [1.54, 1.807) is 18.2 Å². The highest BCUT2D eigenvalue weighted by atomic mass is 19.1. The first-order chi connectivity index (χ1) is 17.3. The van der Waals surface area contributed by atoms with Crippen LogP contribution in [0.25, 0.3) is 0 Å². The standard InChI is InChI=1S/C26H29F2N5O3/c1-17(34)33-26(36)29-25(35)31(33)13-4-2-3-12-30-14-11-24-22(16-30)21-15-19(28)7-10-23(21)32(24)20-8-5-18(27)6-9-20/h5-10,15,22,24H,2-4,11-14,16H2,1H3,(H,29,35,36). The Bertz CT molecular complexity index is 1380. The largest absolute Gasteiger partial charge is 0.351 e. The van der Waals surface area contributed by atoms with Crippen LogP contribution in [-0.4, -0.2) is 50.8 Å². The summed E-state index contributed by atoms with van der Waals surface area (Å²) in [5.74, 6) is -0.883. The summed E-state index contributed by atoms with van der Waals surface area (Å²) >= 11 is 0. The Hall–Kier alpha value is -3.53. The lowest BCUT2D eigenvalue weighted by Gasteiger charge is -2.39. The molecular weight excluding hydrogens is 468 g/mol. The minimum atomic E-state index is -0.710. The number of rotatable bonds is 7. The second kappa shape index (κ2) is 9.85. The first-order valence-electron chi connectivity index (χ1n) is 12.3. The summed E-state index contributed by atoms with van der Waals surface area (Å²) in [5.41, 5.74) is 1.60. The molecule has 3 heterocycles. The van der Waals surface area contributed by atoms with Crippen molar-refractivity contribution in [1.29, 1.82) is 0 Å². The summed E-state index contributed by atoms with van der Waals surface area (Å²) < 4.78 is 29.7. The molecule has 1 aromatic heterocycles. The lowest BCUT2D eigenvalue weighted by molar-refractivity contribution is 0.0895. The number of carbonyl (C=O) groups excluding carboxylic acids is 1. The Labute approximate surface area is 206 Å². The SMILES string of the molecule is CC(=O)n1c(=O)[nH]c(=O)n1CCCCCN1CCC2C(C1)c1cc(F)ccc1N2c1ccc(F)cc1. The number of nitrogens with zero attached hydrogens (tertiary/aromatic N) is 4. The molecule has 1 fully saturated rings. The summed E-state index contributed by atoms with van der Waals surface area (Å²) in [7, 11) is 0. The van der Waals surface area contributed by atoms with Crippen molar-refractivity contribution in [2.75, 3.05) is 24.5 Å². The van der Waals surface area contributed by atoms with Crippen LogP contribution in [0.1, 0.15) is 48.9 Å². The van der Waals surface area contributed by atoms with E-state index in [2.05, 4.69) is 14.8 Å². The third kappa shape index (κ3) is 4.53. The van der Waals surface area contributed by atoms with Crippen molar-refractivity contribution < 1.29 is 13.6 Å². The number of fused-ring (bicyclic) bond motifs is 3. The summed E-state index contributed by atoms with van der Waals surface area (Å²) in [5, 5.41) is 0. The van der Waals surface area contributed by atoms with E-state index in [1.807, 2.05) is 6.07 Å². The average molecular weight is 498 g/mol. The summed E-state index contributed by atoms with van der Waals surface area (Å²) in [6, 6.07) is 11.6. The van der Waals surface area contributed by atoms with Gasteiger partial charge < -0.3 is 9.80 Å². The molecule has 3 aromatic rings. The number of halogens is 2. The highest BCUT2D eigenvalue weighted by Gasteiger charge is 2.42. The van der Waals surface area contributed by atoms with Crippen LogP contribution in [0, 0.1) is 11.6 Å². The Morgan fingerprint density at radius 2 is 1.69 bits per heavy atom. The zero-order valence-electron chi connectivity index (χ0n) is 20.1. The summed E-state index contributed by atoms with van der Waals surface area (Å²) in [6.45, 7) is 4.11. The van der Waals surface area contributed by atoms with Gasteiger partial charge in [0.2, 0.25) is 5.91 Å². The molecule has 36 heavy (non-hydrogen) atoms. The zero-order chi connectivity index (χ0) is 25.4. The fourth-order valence-electron chi connectivity index (χ4n) is 5.68. The Morgan fingerprint density at radius 1 is 0.972 bits per heavy atom. The number of H-pyrrole nitrogens is 1. The van der Waals surface area contributed by atoms with E-state index in [4.69, 9.17) is 0 Å². The zero-order valence-corrected chi connectivity index (χ0v) is 20.1. The third-order valence-corrected chi connectivity index (χ3v) is 7.27. The minimum Gasteiger partial charge on any atom is -0.337 e. The number of hydrogen-bond acceptors (Lipinski definition) is 5. The van der Waals surface area contributed by atoms with Gasteiger partial charge in [0, 0.05) is 49.9 Å². The quantitative estimate of drug-likeness (QED) is 0.506. The van der Waals surface area contributed by atoms with Crippen molar-refractivity contribution in [2.24, 2.45) is 0 Å². The van der Waals surface area contributed by atoms with Gasteiger partial charge in [0.25, 0.3) is 0 Å². The number of unbranched alkanes of at least 4 members (excludes halogenated alkanes) is 2. The van der Waals surface area contributed by atoms with Crippen LogP contribution >= 0.6 is 0 Å². The predicted octanol–water partition coefficient (Wildman–Crippen LogP) is 3.46. The molecule has 8 nitrogen and oxygen atoms in total. The maximum atomic E-state index is 14.2. The van der Waals surface area contributed by atoms with Gasteiger partial charge in [0.15, 0.2) is 0 Å². The molecule has 190 valence electrons. The topological polar surface area (TPSA) is 83.3 Å². The number of aromatic nitrogens is 3. The minimum absolute atomic E-state index is 0.151. The highest BCUT2D eigenvalue weighted by molar-refractivity contribution is 5.74. The van der Waals surface area contributed by atoms with Gasteiger partial charge in [-0.3, -0.25) is 9.78 Å². The monoisotopic (exact) mass is 497 g/mol. The Morgan fingerprint density at radius 3 is 2.44 bits per heavy atom. The molecule has 1 saturated heterocycles. The number of nitrogens with one attached hydrogen (secondary N) is 1. The van der Waals surface area contributed by atoms with Crippen LogP contribution in [0.3, 0.4) is 0 Å². The number of likely N-dealkylation sites (tertiary alicyclic amines) is 1. The molecule has 10 heteroatoms. The summed E-state index contributed by atoms with van der Waals surface area (Å²) in [4.78, 5) is 42.1. The number of hydrogen-bond donors (Lipinski definition) is 1. The van der Waals surface area contributed by atoms with Crippen molar-refractivity contribution >= 4 is 17.3 Å². The van der Waals surface area contributed by atoms with Crippen LogP contribution in [0.2, 0.25) is 0 Å². The first-order valence-corrected chi connectivity index (χ1v) is 12.3. The van der Waals surface area contributed by atoms with E-state index in [1.165, 1.54) is 25.1 Å². The molecular formula is C26H29F2N5O3. The van der Waals surface area contributed by atoms with Crippen molar-refractivity contribution in [3.8, 4) is 0 Å². The van der Waals surface area contributed by atoms with E-state index < -0.39 is 17.3 Å². The van der Waals surface area contributed by atoms with Crippen LogP contribution in [0.5, 0.6) is 0 Å². The van der Waals surface area contributed by atoms with Crippen LogP contribution < -0.4 is 16.3 Å². The van der Waals surface area contributed by atoms with Crippen LogP contribution in [0.4, 0.5) is 20.2 Å². The smallest absolute Gasteiger partial charge is 0.337 e.